The van der Waals surface area contributed by atoms with Crippen LogP contribution in [0.15, 0.2) is 17.6 Å². The molecule has 6 nitrogen and oxygen atoms in total. The standard InChI is InChI=1S/C12H19NO5/c1-4-12(15)17-6-5-16-8-11(3)18-7-10(2)13-9-14/h4,10-11H,1,5-8H2,2-3H3. The first-order chi connectivity index (χ1) is 8.60. The highest BCUT2D eigenvalue weighted by molar-refractivity contribution is 5.81. The molecule has 102 valence electrons. The maximum Gasteiger partial charge on any atom is 0.330 e. The molecule has 0 saturated carbocycles. The van der Waals surface area contributed by atoms with Gasteiger partial charge < -0.3 is 14.2 Å². The van der Waals surface area contributed by atoms with Gasteiger partial charge in [0, 0.05) is 6.08 Å². The van der Waals surface area contributed by atoms with Crippen LogP contribution in [0.2, 0.25) is 0 Å². The van der Waals surface area contributed by atoms with Crippen LogP contribution >= 0.6 is 0 Å². The van der Waals surface area contributed by atoms with Crippen molar-refractivity contribution >= 4 is 12.0 Å². The third-order valence-electron chi connectivity index (χ3n) is 1.89. The molecule has 6 heteroatoms. The van der Waals surface area contributed by atoms with Crippen LogP contribution < -0.4 is 0 Å². The lowest BCUT2D eigenvalue weighted by Crippen LogP contribution is -2.22. The van der Waals surface area contributed by atoms with Gasteiger partial charge in [-0.25, -0.2) is 14.6 Å². The number of carbonyl (C=O) groups excluding carboxylic acids is 2. The van der Waals surface area contributed by atoms with E-state index in [1.807, 2.05) is 6.92 Å². The predicted molar refractivity (Wildman–Crippen MR) is 65.0 cm³/mol. The highest BCUT2D eigenvalue weighted by atomic mass is 16.6. The van der Waals surface area contributed by atoms with Crippen LogP contribution in [0.4, 0.5) is 0 Å². The monoisotopic (exact) mass is 257 g/mol. The number of carbonyl (C=O) groups is 1. The molecular weight excluding hydrogens is 238 g/mol. The molecule has 0 radical (unpaired) electrons. The number of nitrogens with zero attached hydrogens (tertiary/aromatic N) is 1. The zero-order valence-corrected chi connectivity index (χ0v) is 10.8. The highest BCUT2D eigenvalue weighted by Crippen LogP contribution is 1.96. The number of rotatable bonds is 10. The van der Waals surface area contributed by atoms with E-state index in [4.69, 9.17) is 14.2 Å². The van der Waals surface area contributed by atoms with E-state index in [-0.39, 0.29) is 18.8 Å². The van der Waals surface area contributed by atoms with E-state index in [9.17, 15) is 9.59 Å². The molecule has 0 amide bonds. The third kappa shape index (κ3) is 9.72. The molecule has 0 fully saturated rings. The largest absolute Gasteiger partial charge is 0.460 e. The van der Waals surface area contributed by atoms with Gasteiger partial charge in [-0.2, -0.15) is 0 Å². The van der Waals surface area contributed by atoms with Gasteiger partial charge in [0.2, 0.25) is 6.08 Å². The predicted octanol–water partition coefficient (Wildman–Crippen LogP) is 0.862. The summed E-state index contributed by atoms with van der Waals surface area (Å²) in [6, 6.07) is -0.210. The average Bonchev–Trinajstić information content (AvgIpc) is 2.36. The average molecular weight is 257 g/mol. The molecule has 0 aliphatic rings. The minimum Gasteiger partial charge on any atom is -0.460 e. The summed E-state index contributed by atoms with van der Waals surface area (Å²) in [5.74, 6) is -0.469. The summed E-state index contributed by atoms with van der Waals surface area (Å²) in [5.41, 5.74) is 0. The number of isocyanates is 1. The number of aliphatic imine (C=N–C) groups is 1. The van der Waals surface area contributed by atoms with Crippen molar-refractivity contribution in [1.82, 2.24) is 0 Å². The molecule has 0 spiro atoms. The first kappa shape index (κ1) is 16.5. The van der Waals surface area contributed by atoms with Crippen LogP contribution in [-0.2, 0) is 23.8 Å². The molecule has 0 aromatic rings. The van der Waals surface area contributed by atoms with Crippen molar-refractivity contribution in [3.63, 3.8) is 0 Å². The molecule has 18 heavy (non-hydrogen) atoms. The minimum absolute atomic E-state index is 0.121. The summed E-state index contributed by atoms with van der Waals surface area (Å²) < 4.78 is 15.3. The Morgan fingerprint density at radius 1 is 1.39 bits per heavy atom. The Labute approximate surface area is 107 Å². The second kappa shape index (κ2) is 10.7. The number of hydrogen-bond acceptors (Lipinski definition) is 6. The van der Waals surface area contributed by atoms with Gasteiger partial charge in [-0.05, 0) is 13.8 Å². The third-order valence-corrected chi connectivity index (χ3v) is 1.89. The number of ether oxygens (including phenoxy) is 3. The Kier molecular flexibility index (Phi) is 9.77. The summed E-state index contributed by atoms with van der Waals surface area (Å²) in [4.78, 5) is 24.1. The quantitative estimate of drug-likeness (QED) is 0.191. The van der Waals surface area contributed by atoms with Crippen molar-refractivity contribution in [3.8, 4) is 0 Å². The molecule has 0 aliphatic heterocycles. The second-order valence-corrected chi connectivity index (χ2v) is 3.66. The molecular formula is C12H19NO5. The molecule has 0 N–H and O–H groups in total. The molecule has 0 aromatic heterocycles. The zero-order valence-electron chi connectivity index (χ0n) is 10.8. The fraction of sp³-hybridized carbons (Fsp3) is 0.667. The summed E-state index contributed by atoms with van der Waals surface area (Å²) in [6.45, 7) is 8.07. The normalized spacial score (nSPS) is 13.2. The molecule has 0 bridgehead atoms. The Balaban J connectivity index is 3.47. The van der Waals surface area contributed by atoms with Gasteiger partial charge in [0.1, 0.15) is 6.61 Å². The molecule has 0 rings (SSSR count). The Morgan fingerprint density at radius 2 is 2.11 bits per heavy atom. The zero-order chi connectivity index (χ0) is 13.8. The Bertz CT molecular complexity index is 299. The fourth-order valence-corrected chi connectivity index (χ4v) is 0.988. The van der Waals surface area contributed by atoms with Gasteiger partial charge in [-0.1, -0.05) is 6.58 Å². The van der Waals surface area contributed by atoms with Gasteiger partial charge in [-0.15, -0.1) is 0 Å². The summed E-state index contributed by atoms with van der Waals surface area (Å²) in [5, 5.41) is 0. The molecule has 2 atom stereocenters. The lowest BCUT2D eigenvalue weighted by atomic mass is 10.4. The van der Waals surface area contributed by atoms with Crippen LogP contribution in [0.5, 0.6) is 0 Å². The fourth-order valence-electron chi connectivity index (χ4n) is 0.988. The van der Waals surface area contributed by atoms with Crippen molar-refractivity contribution in [2.24, 2.45) is 4.99 Å². The van der Waals surface area contributed by atoms with Crippen LogP contribution in [0.3, 0.4) is 0 Å². The van der Waals surface area contributed by atoms with Crippen LogP contribution in [-0.4, -0.2) is 50.6 Å². The van der Waals surface area contributed by atoms with E-state index in [1.54, 1.807) is 6.92 Å². The molecule has 0 saturated heterocycles. The molecule has 2 unspecified atom stereocenters. The molecule has 0 heterocycles. The molecule has 0 aromatic carbocycles. The van der Waals surface area contributed by atoms with Gasteiger partial charge in [0.05, 0.1) is 32.0 Å². The maximum atomic E-state index is 10.7. The SMILES string of the molecule is C=CC(=O)OCCOCC(C)OCC(C)N=C=O. The van der Waals surface area contributed by atoms with Crippen molar-refractivity contribution in [1.29, 1.82) is 0 Å². The van der Waals surface area contributed by atoms with E-state index in [0.29, 0.717) is 19.8 Å². The van der Waals surface area contributed by atoms with Gasteiger partial charge in [0.25, 0.3) is 0 Å². The van der Waals surface area contributed by atoms with Crippen LogP contribution in [0.25, 0.3) is 0 Å². The van der Waals surface area contributed by atoms with Crippen LogP contribution in [0.1, 0.15) is 13.8 Å². The number of esters is 1. The highest BCUT2D eigenvalue weighted by Gasteiger charge is 2.06. The van der Waals surface area contributed by atoms with Crippen molar-refractivity contribution in [3.05, 3.63) is 12.7 Å². The lowest BCUT2D eigenvalue weighted by Gasteiger charge is -2.14. The smallest absolute Gasteiger partial charge is 0.330 e. The van der Waals surface area contributed by atoms with E-state index < -0.39 is 5.97 Å². The van der Waals surface area contributed by atoms with E-state index in [1.165, 1.54) is 6.08 Å². The minimum atomic E-state index is -0.469. The Morgan fingerprint density at radius 3 is 2.72 bits per heavy atom. The van der Waals surface area contributed by atoms with E-state index in [2.05, 4.69) is 11.6 Å². The number of hydrogen-bond donors (Lipinski definition) is 0. The first-order valence-corrected chi connectivity index (χ1v) is 5.65. The van der Waals surface area contributed by atoms with Crippen LogP contribution in [0, 0.1) is 0 Å². The van der Waals surface area contributed by atoms with Crippen molar-refractivity contribution < 1.29 is 23.8 Å². The topological polar surface area (TPSA) is 74.2 Å². The summed E-state index contributed by atoms with van der Waals surface area (Å²) >= 11 is 0. The van der Waals surface area contributed by atoms with Crippen molar-refractivity contribution in [2.45, 2.75) is 26.0 Å². The van der Waals surface area contributed by atoms with Crippen molar-refractivity contribution in [2.75, 3.05) is 26.4 Å². The summed E-state index contributed by atoms with van der Waals surface area (Å²) in [7, 11) is 0. The van der Waals surface area contributed by atoms with Gasteiger partial charge in [-0.3, -0.25) is 0 Å². The van der Waals surface area contributed by atoms with E-state index >= 15 is 0 Å². The second-order valence-electron chi connectivity index (χ2n) is 3.66. The van der Waals surface area contributed by atoms with Gasteiger partial charge in [0.15, 0.2) is 0 Å². The van der Waals surface area contributed by atoms with E-state index in [0.717, 1.165) is 6.08 Å². The summed E-state index contributed by atoms with van der Waals surface area (Å²) in [6.07, 6.45) is 2.45. The van der Waals surface area contributed by atoms with Gasteiger partial charge >= 0.3 is 5.97 Å². The Hall–Kier alpha value is -1.49. The first-order valence-electron chi connectivity index (χ1n) is 5.65. The lowest BCUT2D eigenvalue weighted by molar-refractivity contribution is -0.139. The molecule has 0 aliphatic carbocycles. The maximum absolute atomic E-state index is 10.7.